The minimum atomic E-state index is 0.270. The predicted octanol–water partition coefficient (Wildman–Crippen LogP) is 2.44. The van der Waals surface area contributed by atoms with E-state index in [9.17, 15) is 4.79 Å². The topological polar surface area (TPSA) is 20.3 Å². The van der Waals surface area contributed by atoms with Gasteiger partial charge in [-0.1, -0.05) is 6.92 Å². The van der Waals surface area contributed by atoms with E-state index in [4.69, 9.17) is 0 Å². The van der Waals surface area contributed by atoms with Crippen molar-refractivity contribution in [3.05, 3.63) is 0 Å². The van der Waals surface area contributed by atoms with Crippen LogP contribution in [0.5, 0.6) is 0 Å². The summed E-state index contributed by atoms with van der Waals surface area (Å²) in [6.45, 7) is 4.12. The van der Waals surface area contributed by atoms with Crippen molar-refractivity contribution in [1.29, 1.82) is 0 Å². The molecule has 1 aliphatic carbocycles. The molecule has 0 aromatic heterocycles. The summed E-state index contributed by atoms with van der Waals surface area (Å²) in [5, 5.41) is 0.656. The number of rotatable bonds is 4. The van der Waals surface area contributed by atoms with Gasteiger partial charge in [0.1, 0.15) is 0 Å². The molecular weight excluding hydrogens is 238 g/mol. The van der Waals surface area contributed by atoms with Crippen LogP contribution in [0.2, 0.25) is 0 Å². The molecule has 2 fully saturated rings. The number of hydrogen-bond donors (Lipinski definition) is 1. The average molecular weight is 259 g/mol. The van der Waals surface area contributed by atoms with Crippen LogP contribution in [-0.4, -0.2) is 40.7 Å². The van der Waals surface area contributed by atoms with Crippen molar-refractivity contribution in [3.63, 3.8) is 0 Å². The van der Waals surface area contributed by atoms with Gasteiger partial charge in [0.2, 0.25) is 5.91 Å². The summed E-state index contributed by atoms with van der Waals surface area (Å²) in [5.41, 5.74) is 0.270. The van der Waals surface area contributed by atoms with Gasteiger partial charge in [-0.3, -0.25) is 4.79 Å². The van der Waals surface area contributed by atoms with Gasteiger partial charge in [0.05, 0.1) is 0 Å². The Balaban J connectivity index is 1.84. The largest absolute Gasteiger partial charge is 0.341 e. The standard InChI is InChI=1S/C12H21NOS2/c1-2-10-8-13(5-6-16-10)11(14)7-12(9-15)3-4-12/h10,15H,2-9H2,1H3. The van der Waals surface area contributed by atoms with Crippen LogP contribution in [0.3, 0.4) is 0 Å². The lowest BCUT2D eigenvalue weighted by molar-refractivity contribution is -0.132. The van der Waals surface area contributed by atoms with E-state index in [-0.39, 0.29) is 5.41 Å². The van der Waals surface area contributed by atoms with Crippen molar-refractivity contribution in [2.24, 2.45) is 5.41 Å². The number of thiol groups is 1. The summed E-state index contributed by atoms with van der Waals surface area (Å²) < 4.78 is 0. The SMILES string of the molecule is CCC1CN(C(=O)CC2(CS)CC2)CCS1. The predicted molar refractivity (Wildman–Crippen MR) is 73.3 cm³/mol. The number of hydrogen-bond acceptors (Lipinski definition) is 3. The first-order valence-electron chi connectivity index (χ1n) is 6.19. The molecule has 4 heteroatoms. The maximum Gasteiger partial charge on any atom is 0.223 e. The van der Waals surface area contributed by atoms with Crippen LogP contribution in [-0.2, 0) is 4.79 Å². The zero-order valence-electron chi connectivity index (χ0n) is 9.95. The Labute approximate surface area is 108 Å². The number of nitrogens with zero attached hydrogens (tertiary/aromatic N) is 1. The van der Waals surface area contributed by atoms with Gasteiger partial charge in [-0.2, -0.15) is 24.4 Å². The third kappa shape index (κ3) is 2.89. The zero-order valence-corrected chi connectivity index (χ0v) is 11.7. The Morgan fingerprint density at radius 2 is 2.31 bits per heavy atom. The maximum atomic E-state index is 12.2. The first-order valence-corrected chi connectivity index (χ1v) is 7.87. The summed E-state index contributed by atoms with van der Waals surface area (Å²) in [7, 11) is 0. The molecule has 16 heavy (non-hydrogen) atoms. The molecule has 2 aliphatic rings. The normalized spacial score (nSPS) is 27.9. The molecule has 92 valence electrons. The zero-order chi connectivity index (χ0) is 11.6. The van der Waals surface area contributed by atoms with Gasteiger partial charge in [0.15, 0.2) is 0 Å². The highest BCUT2D eigenvalue weighted by atomic mass is 32.2. The average Bonchev–Trinajstić information content (AvgIpc) is 3.09. The van der Waals surface area contributed by atoms with Gasteiger partial charge in [0, 0.05) is 30.5 Å². The minimum absolute atomic E-state index is 0.270. The van der Waals surface area contributed by atoms with Gasteiger partial charge in [-0.15, -0.1) is 0 Å². The van der Waals surface area contributed by atoms with Crippen LogP contribution in [0.25, 0.3) is 0 Å². The molecule has 0 N–H and O–H groups in total. The summed E-state index contributed by atoms with van der Waals surface area (Å²) in [6.07, 6.45) is 4.30. The van der Waals surface area contributed by atoms with E-state index in [1.54, 1.807) is 0 Å². The fourth-order valence-electron chi connectivity index (χ4n) is 2.19. The molecule has 1 aliphatic heterocycles. The maximum absolute atomic E-state index is 12.2. The van der Waals surface area contributed by atoms with E-state index >= 15 is 0 Å². The van der Waals surface area contributed by atoms with Crippen molar-refractivity contribution in [2.45, 2.75) is 37.9 Å². The van der Waals surface area contributed by atoms with Crippen molar-refractivity contribution in [2.75, 3.05) is 24.6 Å². The Morgan fingerprint density at radius 1 is 1.56 bits per heavy atom. The number of carbonyl (C=O) groups excluding carboxylic acids is 1. The highest BCUT2D eigenvalue weighted by molar-refractivity contribution is 8.00. The molecule has 2 nitrogen and oxygen atoms in total. The summed E-state index contributed by atoms with van der Waals surface area (Å²) in [5.74, 6) is 2.35. The number of thioether (sulfide) groups is 1. The monoisotopic (exact) mass is 259 g/mol. The smallest absolute Gasteiger partial charge is 0.223 e. The molecule has 1 atom stereocenters. The van der Waals surface area contributed by atoms with Crippen molar-refractivity contribution < 1.29 is 4.79 Å². The molecule has 0 spiro atoms. The van der Waals surface area contributed by atoms with Crippen LogP contribution < -0.4 is 0 Å². The Hall–Kier alpha value is 0.170. The molecule has 1 saturated carbocycles. The molecule has 1 saturated heterocycles. The van der Waals surface area contributed by atoms with Gasteiger partial charge < -0.3 is 4.90 Å². The van der Waals surface area contributed by atoms with Crippen LogP contribution in [0.1, 0.15) is 32.6 Å². The summed E-state index contributed by atoms with van der Waals surface area (Å²) >= 11 is 6.38. The number of carbonyl (C=O) groups is 1. The molecule has 0 radical (unpaired) electrons. The lowest BCUT2D eigenvalue weighted by Crippen LogP contribution is -2.42. The van der Waals surface area contributed by atoms with E-state index in [1.165, 1.54) is 19.3 Å². The van der Waals surface area contributed by atoms with Gasteiger partial charge >= 0.3 is 0 Å². The van der Waals surface area contributed by atoms with Crippen LogP contribution in [0, 0.1) is 5.41 Å². The van der Waals surface area contributed by atoms with Crippen molar-refractivity contribution >= 4 is 30.3 Å². The van der Waals surface area contributed by atoms with Crippen LogP contribution in [0.4, 0.5) is 0 Å². The molecular formula is C12H21NOS2. The lowest BCUT2D eigenvalue weighted by Gasteiger charge is -2.32. The number of amides is 1. The highest BCUT2D eigenvalue weighted by Gasteiger charge is 2.44. The Kier molecular flexibility index (Phi) is 4.11. The third-order valence-electron chi connectivity index (χ3n) is 3.77. The quantitative estimate of drug-likeness (QED) is 0.783. The summed E-state index contributed by atoms with van der Waals surface area (Å²) in [4.78, 5) is 14.2. The van der Waals surface area contributed by atoms with E-state index in [0.717, 1.165) is 31.0 Å². The van der Waals surface area contributed by atoms with Crippen LogP contribution in [0.15, 0.2) is 0 Å². The van der Waals surface area contributed by atoms with Gasteiger partial charge in [-0.05, 0) is 30.4 Å². The van der Waals surface area contributed by atoms with Crippen molar-refractivity contribution in [3.8, 4) is 0 Å². The Morgan fingerprint density at radius 3 is 2.88 bits per heavy atom. The van der Waals surface area contributed by atoms with E-state index in [0.29, 0.717) is 11.2 Å². The fraction of sp³-hybridized carbons (Fsp3) is 0.917. The Bertz CT molecular complexity index is 266. The third-order valence-corrected chi connectivity index (χ3v) is 5.81. The highest BCUT2D eigenvalue weighted by Crippen LogP contribution is 2.49. The van der Waals surface area contributed by atoms with E-state index in [1.807, 2.05) is 11.8 Å². The molecule has 2 rings (SSSR count). The molecule has 0 aromatic rings. The molecule has 1 amide bonds. The summed E-state index contributed by atoms with van der Waals surface area (Å²) in [6, 6.07) is 0. The van der Waals surface area contributed by atoms with E-state index in [2.05, 4.69) is 24.5 Å². The van der Waals surface area contributed by atoms with Gasteiger partial charge in [0.25, 0.3) is 0 Å². The molecule has 0 aromatic carbocycles. The van der Waals surface area contributed by atoms with Gasteiger partial charge in [-0.25, -0.2) is 0 Å². The fourth-order valence-corrected chi connectivity index (χ4v) is 3.80. The first-order chi connectivity index (χ1) is 7.69. The second-order valence-corrected chi connectivity index (χ2v) is 6.80. The van der Waals surface area contributed by atoms with Crippen LogP contribution >= 0.6 is 24.4 Å². The molecule has 1 unspecified atom stereocenters. The molecule has 1 heterocycles. The second-order valence-electron chi connectivity index (χ2n) is 5.08. The second kappa shape index (κ2) is 5.21. The lowest BCUT2D eigenvalue weighted by atomic mass is 10.0. The first kappa shape index (κ1) is 12.6. The minimum Gasteiger partial charge on any atom is -0.341 e. The van der Waals surface area contributed by atoms with Crippen molar-refractivity contribution in [1.82, 2.24) is 4.90 Å². The van der Waals surface area contributed by atoms with E-state index < -0.39 is 0 Å². The molecule has 0 bridgehead atoms.